The lowest BCUT2D eigenvalue weighted by molar-refractivity contribution is 0.0459. The lowest BCUT2D eigenvalue weighted by atomic mass is 10.2. The van der Waals surface area contributed by atoms with Crippen molar-refractivity contribution in [1.82, 2.24) is 20.0 Å². The molecule has 0 amide bonds. The molecule has 2 aromatic carbocycles. The summed E-state index contributed by atoms with van der Waals surface area (Å²) in [6.07, 6.45) is 0. The zero-order valence-corrected chi connectivity index (χ0v) is 18.7. The molecule has 4 rings (SSSR count). The van der Waals surface area contributed by atoms with E-state index in [1.165, 1.54) is 0 Å². The fraction of sp³-hybridized carbons (Fsp3) is 0.182. The number of para-hydroxylation sites is 1. The fourth-order valence-corrected chi connectivity index (χ4v) is 3.31. The van der Waals surface area contributed by atoms with E-state index in [-0.39, 0.29) is 12.3 Å². The average Bonchev–Trinajstić information content (AvgIpc) is 3.35. The van der Waals surface area contributed by atoms with Gasteiger partial charge in [0.15, 0.2) is 5.69 Å². The topological polar surface area (TPSA) is 92.3 Å². The number of halogens is 1. The van der Waals surface area contributed by atoms with Gasteiger partial charge in [0.2, 0.25) is 5.89 Å². The molecule has 0 atom stereocenters. The molecule has 4 aromatic rings. The summed E-state index contributed by atoms with van der Waals surface area (Å²) in [6, 6.07) is 14.9. The van der Waals surface area contributed by atoms with Gasteiger partial charge < -0.3 is 13.9 Å². The highest BCUT2D eigenvalue weighted by Crippen LogP contribution is 2.30. The van der Waals surface area contributed by atoms with E-state index in [2.05, 4.69) is 31.2 Å². The minimum Gasteiger partial charge on any atom is -0.496 e. The van der Waals surface area contributed by atoms with Gasteiger partial charge >= 0.3 is 5.97 Å². The van der Waals surface area contributed by atoms with Gasteiger partial charge in [0.05, 0.1) is 24.1 Å². The summed E-state index contributed by atoms with van der Waals surface area (Å²) in [7, 11) is 1.58. The second-order valence-corrected chi connectivity index (χ2v) is 7.63. The summed E-state index contributed by atoms with van der Waals surface area (Å²) >= 11 is 3.40. The van der Waals surface area contributed by atoms with Crippen LogP contribution in [-0.2, 0) is 11.3 Å². The van der Waals surface area contributed by atoms with Crippen LogP contribution in [0.3, 0.4) is 0 Å². The monoisotopic (exact) mass is 482 g/mol. The van der Waals surface area contributed by atoms with Gasteiger partial charge in [-0.2, -0.15) is 0 Å². The molecule has 0 radical (unpaired) electrons. The Balaban J connectivity index is 1.50. The molecule has 2 heterocycles. The van der Waals surface area contributed by atoms with Crippen molar-refractivity contribution < 1.29 is 18.7 Å². The summed E-state index contributed by atoms with van der Waals surface area (Å²) < 4.78 is 19.1. The molecule has 0 bridgehead atoms. The second-order valence-electron chi connectivity index (χ2n) is 6.71. The Morgan fingerprint density at radius 3 is 2.61 bits per heavy atom. The van der Waals surface area contributed by atoms with E-state index in [0.717, 1.165) is 15.7 Å². The molecule has 0 fully saturated rings. The SMILES string of the molecule is COc1ccccc1-c1nc(COC(=O)c2nnn(-c3ccc(Br)cc3)c2C)c(C)o1. The number of hydrogen-bond donors (Lipinski definition) is 0. The van der Waals surface area contributed by atoms with Gasteiger partial charge in [-0.3, -0.25) is 0 Å². The van der Waals surface area contributed by atoms with Gasteiger partial charge in [-0.25, -0.2) is 14.5 Å². The Morgan fingerprint density at radius 2 is 1.87 bits per heavy atom. The van der Waals surface area contributed by atoms with Gasteiger partial charge in [0, 0.05) is 4.47 Å². The zero-order chi connectivity index (χ0) is 22.0. The maximum absolute atomic E-state index is 12.6. The first-order valence-corrected chi connectivity index (χ1v) is 10.2. The number of oxazole rings is 1. The number of hydrogen-bond acceptors (Lipinski definition) is 7. The molecule has 31 heavy (non-hydrogen) atoms. The van der Waals surface area contributed by atoms with Crippen LogP contribution in [0.2, 0.25) is 0 Å². The highest BCUT2D eigenvalue weighted by molar-refractivity contribution is 9.10. The Kier molecular flexibility index (Phi) is 5.85. The van der Waals surface area contributed by atoms with Crippen LogP contribution in [0.5, 0.6) is 5.75 Å². The molecule has 9 heteroatoms. The van der Waals surface area contributed by atoms with Crippen LogP contribution in [-0.4, -0.2) is 33.1 Å². The van der Waals surface area contributed by atoms with E-state index < -0.39 is 5.97 Å². The van der Waals surface area contributed by atoms with Gasteiger partial charge in [0.1, 0.15) is 23.8 Å². The summed E-state index contributed by atoms with van der Waals surface area (Å²) in [4.78, 5) is 17.1. The number of nitrogens with zero attached hydrogens (tertiary/aromatic N) is 4. The Labute approximate surface area is 186 Å². The molecule has 0 aliphatic heterocycles. The normalized spacial score (nSPS) is 10.8. The Bertz CT molecular complexity index is 1230. The van der Waals surface area contributed by atoms with Crippen LogP contribution in [0.1, 0.15) is 27.6 Å². The third-order valence-electron chi connectivity index (χ3n) is 4.73. The smallest absolute Gasteiger partial charge is 0.361 e. The van der Waals surface area contributed by atoms with E-state index >= 15 is 0 Å². The molecule has 0 unspecified atom stereocenters. The molecule has 2 aromatic heterocycles. The third-order valence-corrected chi connectivity index (χ3v) is 5.26. The van der Waals surface area contributed by atoms with Gasteiger partial charge in [-0.1, -0.05) is 33.3 Å². The van der Waals surface area contributed by atoms with Crippen molar-refractivity contribution in [3.8, 4) is 22.9 Å². The molecular weight excluding hydrogens is 464 g/mol. The van der Waals surface area contributed by atoms with Crippen molar-refractivity contribution in [2.45, 2.75) is 20.5 Å². The predicted molar refractivity (Wildman–Crippen MR) is 116 cm³/mol. The van der Waals surface area contributed by atoms with Crippen LogP contribution in [0.15, 0.2) is 57.4 Å². The summed E-state index contributed by atoms with van der Waals surface area (Å²) in [5, 5.41) is 8.07. The van der Waals surface area contributed by atoms with Crippen molar-refractivity contribution in [2.75, 3.05) is 7.11 Å². The van der Waals surface area contributed by atoms with Gasteiger partial charge in [0.25, 0.3) is 0 Å². The van der Waals surface area contributed by atoms with E-state index in [1.54, 1.807) is 25.6 Å². The van der Waals surface area contributed by atoms with Crippen LogP contribution >= 0.6 is 15.9 Å². The molecule has 158 valence electrons. The molecule has 0 N–H and O–H groups in total. The maximum Gasteiger partial charge on any atom is 0.361 e. The molecule has 8 nitrogen and oxygen atoms in total. The molecular formula is C22H19BrN4O4. The third kappa shape index (κ3) is 4.22. The average molecular weight is 483 g/mol. The van der Waals surface area contributed by atoms with Crippen LogP contribution in [0.4, 0.5) is 0 Å². The number of esters is 1. The number of carbonyl (C=O) groups excluding carboxylic acids is 1. The van der Waals surface area contributed by atoms with E-state index in [9.17, 15) is 4.79 Å². The number of aryl methyl sites for hydroxylation is 1. The number of ether oxygens (including phenoxy) is 2. The fourth-order valence-electron chi connectivity index (χ4n) is 3.05. The van der Waals surface area contributed by atoms with Crippen molar-refractivity contribution in [2.24, 2.45) is 0 Å². The highest BCUT2D eigenvalue weighted by Gasteiger charge is 2.21. The number of benzene rings is 2. The van der Waals surface area contributed by atoms with Crippen molar-refractivity contribution in [1.29, 1.82) is 0 Å². The summed E-state index contributed by atoms with van der Waals surface area (Å²) in [5.41, 5.74) is 2.76. The first kappa shape index (κ1) is 20.8. The maximum atomic E-state index is 12.6. The standard InChI is InChI=1S/C22H19BrN4O4/c1-13-20(25-26-27(13)16-10-8-15(23)9-11-16)22(28)30-12-18-14(2)31-21(24-18)17-6-4-5-7-19(17)29-3/h4-11H,12H2,1-3H3. The first-order chi connectivity index (χ1) is 15.0. The number of aromatic nitrogens is 4. The molecule has 0 aliphatic carbocycles. The number of methoxy groups -OCH3 is 1. The van der Waals surface area contributed by atoms with Crippen LogP contribution < -0.4 is 4.74 Å². The number of carbonyl (C=O) groups is 1. The Morgan fingerprint density at radius 1 is 1.13 bits per heavy atom. The largest absolute Gasteiger partial charge is 0.496 e. The summed E-state index contributed by atoms with van der Waals surface area (Å²) in [5.74, 6) is 1.02. The minimum absolute atomic E-state index is 0.0477. The molecule has 0 spiro atoms. The molecule has 0 saturated carbocycles. The first-order valence-electron chi connectivity index (χ1n) is 9.43. The van der Waals surface area contributed by atoms with Crippen molar-refractivity contribution >= 4 is 21.9 Å². The number of rotatable bonds is 6. The van der Waals surface area contributed by atoms with E-state index in [0.29, 0.717) is 28.8 Å². The van der Waals surface area contributed by atoms with Crippen LogP contribution in [0, 0.1) is 13.8 Å². The Hall–Kier alpha value is -3.46. The van der Waals surface area contributed by atoms with Gasteiger partial charge in [-0.05, 0) is 50.2 Å². The molecule has 0 saturated heterocycles. The highest BCUT2D eigenvalue weighted by atomic mass is 79.9. The zero-order valence-electron chi connectivity index (χ0n) is 17.1. The van der Waals surface area contributed by atoms with E-state index in [4.69, 9.17) is 13.9 Å². The quantitative estimate of drug-likeness (QED) is 0.368. The second kappa shape index (κ2) is 8.73. The predicted octanol–water partition coefficient (Wildman–Crippen LogP) is 4.67. The summed E-state index contributed by atoms with van der Waals surface area (Å²) in [6.45, 7) is 3.48. The lowest BCUT2D eigenvalue weighted by Crippen LogP contribution is -2.09. The van der Waals surface area contributed by atoms with Crippen molar-refractivity contribution in [3.63, 3.8) is 0 Å². The van der Waals surface area contributed by atoms with Crippen LogP contribution in [0.25, 0.3) is 17.1 Å². The van der Waals surface area contributed by atoms with Crippen molar-refractivity contribution in [3.05, 3.63) is 75.8 Å². The van der Waals surface area contributed by atoms with E-state index in [1.807, 2.05) is 48.5 Å². The molecule has 0 aliphatic rings. The minimum atomic E-state index is -0.581. The lowest BCUT2D eigenvalue weighted by Gasteiger charge is -2.04. The van der Waals surface area contributed by atoms with Gasteiger partial charge in [-0.15, -0.1) is 5.10 Å².